The van der Waals surface area contributed by atoms with E-state index in [0.717, 1.165) is 36.2 Å². The fourth-order valence-electron chi connectivity index (χ4n) is 3.03. The Morgan fingerprint density at radius 1 is 1.38 bits per heavy atom. The molecule has 0 bridgehead atoms. The predicted octanol–water partition coefficient (Wildman–Crippen LogP) is 1.65. The molecule has 0 atom stereocenters. The number of para-hydroxylation sites is 2. The number of hydrogen-bond donors (Lipinski definition) is 1. The molecule has 0 fully saturated rings. The van der Waals surface area contributed by atoms with E-state index < -0.39 is 0 Å². The summed E-state index contributed by atoms with van der Waals surface area (Å²) in [5.74, 6) is 2.40. The molecule has 0 unspecified atom stereocenters. The lowest BCUT2D eigenvalue weighted by Gasteiger charge is -2.29. The van der Waals surface area contributed by atoms with Gasteiger partial charge >= 0.3 is 0 Å². The summed E-state index contributed by atoms with van der Waals surface area (Å²) < 4.78 is 7.24. The van der Waals surface area contributed by atoms with E-state index in [-0.39, 0.29) is 36.5 Å². The summed E-state index contributed by atoms with van der Waals surface area (Å²) in [5.41, 5.74) is 0.828. The first-order valence-electron chi connectivity index (χ1n) is 9.44. The number of fused-ring (bicyclic) bond motifs is 1. The predicted molar refractivity (Wildman–Crippen MR) is 123 cm³/mol. The van der Waals surface area contributed by atoms with Crippen LogP contribution in [0.2, 0.25) is 0 Å². The number of aliphatic imine (C=N–C) groups is 1. The van der Waals surface area contributed by atoms with Crippen molar-refractivity contribution in [2.45, 2.75) is 19.9 Å². The van der Waals surface area contributed by atoms with Crippen LogP contribution in [-0.4, -0.2) is 64.8 Å². The van der Waals surface area contributed by atoms with Gasteiger partial charge in [0.1, 0.15) is 17.9 Å². The highest BCUT2D eigenvalue weighted by atomic mass is 127. The van der Waals surface area contributed by atoms with Crippen LogP contribution in [0.25, 0.3) is 0 Å². The molecule has 1 aliphatic heterocycles. The lowest BCUT2D eigenvalue weighted by atomic mass is 10.2. The lowest BCUT2D eigenvalue weighted by molar-refractivity contribution is -0.121. The zero-order valence-electron chi connectivity index (χ0n) is 17.0. The Labute approximate surface area is 188 Å². The van der Waals surface area contributed by atoms with E-state index in [0.29, 0.717) is 19.6 Å². The number of guanidine groups is 1. The van der Waals surface area contributed by atoms with Crippen molar-refractivity contribution < 1.29 is 9.53 Å². The number of rotatable bonds is 7. The van der Waals surface area contributed by atoms with Gasteiger partial charge in [-0.15, -0.1) is 24.0 Å². The Bertz CT molecular complexity index is 839. The zero-order valence-corrected chi connectivity index (χ0v) is 19.4. The zero-order chi connectivity index (χ0) is 19.9. The smallest absolute Gasteiger partial charge is 0.265 e. The monoisotopic (exact) mass is 513 g/mol. The van der Waals surface area contributed by atoms with Crippen LogP contribution >= 0.6 is 24.0 Å². The topological polar surface area (TPSA) is 87.9 Å². The summed E-state index contributed by atoms with van der Waals surface area (Å²) in [6.07, 6.45) is 2.30. The van der Waals surface area contributed by atoms with Crippen LogP contribution in [-0.2, 0) is 18.4 Å². The molecule has 1 N–H and O–H groups in total. The molecule has 1 amide bonds. The molecule has 1 aromatic heterocycles. The van der Waals surface area contributed by atoms with Crippen LogP contribution < -0.4 is 15.0 Å². The molecule has 29 heavy (non-hydrogen) atoms. The first-order valence-corrected chi connectivity index (χ1v) is 9.44. The quantitative estimate of drug-likeness (QED) is 0.262. The average molecular weight is 513 g/mol. The van der Waals surface area contributed by atoms with Crippen molar-refractivity contribution in [2.24, 2.45) is 12.0 Å². The van der Waals surface area contributed by atoms with Crippen molar-refractivity contribution in [2.75, 3.05) is 38.2 Å². The molecule has 1 aromatic carbocycles. The molecule has 0 saturated carbocycles. The molecule has 158 valence electrons. The molecule has 2 heterocycles. The Balaban J connectivity index is 0.00000300. The maximum Gasteiger partial charge on any atom is 0.265 e. The summed E-state index contributed by atoms with van der Waals surface area (Å²) in [7, 11) is 3.84. The van der Waals surface area contributed by atoms with Gasteiger partial charge in [0.05, 0.1) is 12.2 Å². The van der Waals surface area contributed by atoms with Crippen molar-refractivity contribution >= 4 is 41.5 Å². The second-order valence-corrected chi connectivity index (χ2v) is 6.55. The number of carbonyl (C=O) groups excluding carboxylic acids is 1. The molecule has 10 heteroatoms. The van der Waals surface area contributed by atoms with Crippen molar-refractivity contribution in [1.29, 1.82) is 0 Å². The van der Waals surface area contributed by atoms with Crippen LogP contribution in [0.5, 0.6) is 5.75 Å². The molecule has 2 aromatic rings. The van der Waals surface area contributed by atoms with Gasteiger partial charge in [-0.3, -0.25) is 14.5 Å². The number of anilines is 1. The third kappa shape index (κ3) is 5.81. The fraction of sp³-hybridized carbons (Fsp3) is 0.474. The molecular weight excluding hydrogens is 485 g/mol. The summed E-state index contributed by atoms with van der Waals surface area (Å²) in [6.45, 7) is 4.72. The van der Waals surface area contributed by atoms with E-state index in [4.69, 9.17) is 9.73 Å². The highest BCUT2D eigenvalue weighted by molar-refractivity contribution is 14.0. The Hall–Kier alpha value is -2.37. The normalized spacial score (nSPS) is 13.4. The van der Waals surface area contributed by atoms with Crippen LogP contribution in [0.4, 0.5) is 5.69 Å². The van der Waals surface area contributed by atoms with E-state index >= 15 is 0 Å². The van der Waals surface area contributed by atoms with E-state index in [9.17, 15) is 4.79 Å². The van der Waals surface area contributed by atoms with Gasteiger partial charge < -0.3 is 19.9 Å². The molecule has 0 spiro atoms. The summed E-state index contributed by atoms with van der Waals surface area (Å²) in [4.78, 5) is 25.0. The number of carbonyl (C=O) groups is 1. The van der Waals surface area contributed by atoms with Crippen LogP contribution in [0.3, 0.4) is 0 Å². The van der Waals surface area contributed by atoms with Crippen molar-refractivity contribution in [3.8, 4) is 5.75 Å². The highest BCUT2D eigenvalue weighted by Gasteiger charge is 2.24. The summed E-state index contributed by atoms with van der Waals surface area (Å²) >= 11 is 0. The fourth-order valence-corrected chi connectivity index (χ4v) is 3.03. The first kappa shape index (κ1) is 22.9. The Kier molecular flexibility index (Phi) is 8.68. The minimum atomic E-state index is -0.0195. The van der Waals surface area contributed by atoms with Crippen molar-refractivity contribution in [3.63, 3.8) is 0 Å². The third-order valence-electron chi connectivity index (χ3n) is 4.49. The second kappa shape index (κ2) is 11.0. The van der Waals surface area contributed by atoms with Crippen LogP contribution in [0.15, 0.2) is 35.6 Å². The number of hydrogen-bond acceptors (Lipinski definition) is 5. The van der Waals surface area contributed by atoms with E-state index in [2.05, 4.69) is 15.4 Å². The molecule has 9 nitrogen and oxygen atoms in total. The molecule has 0 saturated heterocycles. The minimum Gasteiger partial charge on any atom is -0.482 e. The average Bonchev–Trinajstić information content (AvgIpc) is 3.10. The SMILES string of the molecule is CCNC(=NCCCN1C(=O)COc2ccccc21)N(C)Cc1ncnn1C.I. The number of aromatic nitrogens is 3. The number of ether oxygens (including phenoxy) is 1. The molecule has 0 radical (unpaired) electrons. The Morgan fingerprint density at radius 3 is 2.90 bits per heavy atom. The number of amides is 1. The second-order valence-electron chi connectivity index (χ2n) is 6.55. The number of halogens is 1. The molecule has 1 aliphatic rings. The van der Waals surface area contributed by atoms with Gasteiger partial charge in [-0.1, -0.05) is 12.1 Å². The van der Waals surface area contributed by atoms with Crippen LogP contribution in [0, 0.1) is 0 Å². The standard InChI is InChI=1S/C19H27N7O2.HI/c1-4-20-19(24(2)12-17-22-14-23-25(17)3)21-10-7-11-26-15-8-5-6-9-16(15)28-13-18(26)27;/h5-6,8-9,14H,4,7,10-13H2,1-3H3,(H,20,21);1H. The van der Waals surface area contributed by atoms with Gasteiger partial charge in [0.15, 0.2) is 12.6 Å². The van der Waals surface area contributed by atoms with Gasteiger partial charge in [0.2, 0.25) is 0 Å². The van der Waals surface area contributed by atoms with Crippen molar-refractivity contribution in [1.82, 2.24) is 25.0 Å². The maximum absolute atomic E-state index is 12.2. The summed E-state index contributed by atoms with van der Waals surface area (Å²) in [6, 6.07) is 7.62. The van der Waals surface area contributed by atoms with Crippen molar-refractivity contribution in [3.05, 3.63) is 36.4 Å². The minimum absolute atomic E-state index is 0. The number of nitrogens with one attached hydrogen (secondary N) is 1. The highest BCUT2D eigenvalue weighted by Crippen LogP contribution is 2.31. The first-order chi connectivity index (χ1) is 13.6. The largest absolute Gasteiger partial charge is 0.482 e. The lowest BCUT2D eigenvalue weighted by Crippen LogP contribution is -2.40. The number of aryl methyl sites for hydroxylation is 1. The maximum atomic E-state index is 12.2. The molecule has 0 aliphatic carbocycles. The van der Waals surface area contributed by atoms with Gasteiger partial charge in [0.25, 0.3) is 5.91 Å². The molecule has 3 rings (SSSR count). The van der Waals surface area contributed by atoms with Gasteiger partial charge in [-0.05, 0) is 25.5 Å². The number of benzene rings is 1. The van der Waals surface area contributed by atoms with E-state index in [1.54, 1.807) is 15.9 Å². The van der Waals surface area contributed by atoms with Crippen LogP contribution in [0.1, 0.15) is 19.2 Å². The van der Waals surface area contributed by atoms with E-state index in [1.165, 1.54) is 0 Å². The van der Waals surface area contributed by atoms with E-state index in [1.807, 2.05) is 50.2 Å². The van der Waals surface area contributed by atoms with Gasteiger partial charge in [-0.25, -0.2) is 4.98 Å². The third-order valence-corrected chi connectivity index (χ3v) is 4.49. The van der Waals surface area contributed by atoms with Gasteiger partial charge in [0, 0.05) is 33.7 Å². The summed E-state index contributed by atoms with van der Waals surface area (Å²) in [5, 5.41) is 7.39. The Morgan fingerprint density at radius 2 is 2.17 bits per heavy atom. The number of nitrogens with zero attached hydrogens (tertiary/aromatic N) is 6. The van der Waals surface area contributed by atoms with Gasteiger partial charge in [-0.2, -0.15) is 5.10 Å². The molecular formula is C19H28IN7O2.